The summed E-state index contributed by atoms with van der Waals surface area (Å²) >= 11 is 0. The maximum Gasteiger partial charge on any atom is 0.408 e. The molecule has 2 rings (SSSR count). The van der Waals surface area contributed by atoms with Gasteiger partial charge < -0.3 is 37.1 Å². The predicted octanol–water partition coefficient (Wildman–Crippen LogP) is 0.810. The third-order valence-corrected chi connectivity index (χ3v) is 6.52. The first-order valence-corrected chi connectivity index (χ1v) is 14.0. The number of nitrogens with two attached hydrogens (primary N) is 1. The van der Waals surface area contributed by atoms with Crippen LogP contribution in [0, 0.1) is 0 Å². The van der Waals surface area contributed by atoms with E-state index in [0.29, 0.717) is 0 Å². The van der Waals surface area contributed by atoms with Gasteiger partial charge in [0.1, 0.15) is 29.3 Å². The van der Waals surface area contributed by atoms with Crippen LogP contribution in [0.15, 0.2) is 60.7 Å². The van der Waals surface area contributed by atoms with Crippen molar-refractivity contribution in [2.75, 3.05) is 6.54 Å². The predicted molar refractivity (Wildman–Crippen MR) is 163 cm³/mol. The number of ether oxygens (including phenoxy) is 1. The fraction of sp³-hybridized carbons (Fsp3) is 0.419. The number of amides is 6. The average molecular weight is 611 g/mol. The van der Waals surface area contributed by atoms with E-state index in [-0.39, 0.29) is 13.0 Å². The Morgan fingerprint density at radius 1 is 0.682 bits per heavy atom. The summed E-state index contributed by atoms with van der Waals surface area (Å²) in [5.41, 5.74) is 2.09. The molecule has 0 heterocycles. The standard InChI is InChI=1S/C31H42N6O7/c1-29(2,25(40)33-18-23(32)38)36-27(42)31(5,6)37-26(41)30(3,4)35-24(39)22(17-20-13-9-7-10-14-20)34-28(43)44-19-21-15-11-8-12-16-21/h7-16,22H,17-19H2,1-6H3,(H2,32,38)(H,33,40)(H,34,43)(H,35,39)(H,36,42)(H,37,41)/t22-/m0/s1. The second-order valence-electron chi connectivity index (χ2n) is 11.9. The van der Waals surface area contributed by atoms with Crippen molar-refractivity contribution < 1.29 is 33.5 Å². The van der Waals surface area contributed by atoms with E-state index in [1.54, 1.807) is 36.4 Å². The Bertz CT molecular complexity index is 1340. The molecule has 238 valence electrons. The number of benzene rings is 2. The van der Waals surface area contributed by atoms with E-state index in [1.807, 2.05) is 24.3 Å². The van der Waals surface area contributed by atoms with Crippen LogP contribution in [0.25, 0.3) is 0 Å². The molecule has 13 nitrogen and oxygen atoms in total. The first-order chi connectivity index (χ1) is 20.4. The van der Waals surface area contributed by atoms with Gasteiger partial charge in [0.25, 0.3) is 0 Å². The molecule has 2 aromatic rings. The molecule has 7 N–H and O–H groups in total. The minimum Gasteiger partial charge on any atom is -0.445 e. The van der Waals surface area contributed by atoms with E-state index in [9.17, 15) is 28.8 Å². The van der Waals surface area contributed by atoms with Crippen LogP contribution in [0.4, 0.5) is 4.79 Å². The summed E-state index contributed by atoms with van der Waals surface area (Å²) in [6.07, 6.45) is -0.696. The second-order valence-corrected chi connectivity index (χ2v) is 11.9. The number of carbonyl (C=O) groups excluding carboxylic acids is 6. The number of hydrogen-bond donors (Lipinski definition) is 6. The topological polar surface area (TPSA) is 198 Å². The highest BCUT2D eigenvalue weighted by atomic mass is 16.5. The summed E-state index contributed by atoms with van der Waals surface area (Å²) in [5, 5.41) is 12.7. The molecule has 0 aliphatic carbocycles. The van der Waals surface area contributed by atoms with E-state index in [0.717, 1.165) is 11.1 Å². The van der Waals surface area contributed by atoms with Gasteiger partial charge in [0, 0.05) is 6.42 Å². The highest BCUT2D eigenvalue weighted by Gasteiger charge is 2.40. The molecule has 0 fully saturated rings. The summed E-state index contributed by atoms with van der Waals surface area (Å²) in [6, 6.07) is 17.0. The van der Waals surface area contributed by atoms with Crippen LogP contribution >= 0.6 is 0 Å². The quantitative estimate of drug-likeness (QED) is 0.182. The van der Waals surface area contributed by atoms with E-state index in [2.05, 4.69) is 26.6 Å². The average Bonchev–Trinajstić information content (AvgIpc) is 2.94. The number of carbonyl (C=O) groups is 6. The number of alkyl carbamates (subject to hydrolysis) is 1. The zero-order valence-corrected chi connectivity index (χ0v) is 25.9. The minimum atomic E-state index is -1.53. The van der Waals surface area contributed by atoms with Gasteiger partial charge in [-0.05, 0) is 52.7 Å². The van der Waals surface area contributed by atoms with Crippen LogP contribution in [0.3, 0.4) is 0 Å². The summed E-state index contributed by atoms with van der Waals surface area (Å²) in [7, 11) is 0. The molecule has 1 atom stereocenters. The lowest BCUT2D eigenvalue weighted by atomic mass is 9.96. The van der Waals surface area contributed by atoms with Crippen LogP contribution in [0.1, 0.15) is 52.7 Å². The monoisotopic (exact) mass is 610 g/mol. The van der Waals surface area contributed by atoms with Crippen LogP contribution in [0.2, 0.25) is 0 Å². The fourth-order valence-corrected chi connectivity index (χ4v) is 3.80. The van der Waals surface area contributed by atoms with Gasteiger partial charge in [0.15, 0.2) is 0 Å². The first kappa shape index (κ1) is 35.3. The third-order valence-electron chi connectivity index (χ3n) is 6.52. The van der Waals surface area contributed by atoms with Crippen molar-refractivity contribution in [1.29, 1.82) is 0 Å². The van der Waals surface area contributed by atoms with Crippen molar-refractivity contribution >= 4 is 35.6 Å². The fourth-order valence-electron chi connectivity index (χ4n) is 3.80. The maximum atomic E-state index is 13.4. The summed E-state index contributed by atoms with van der Waals surface area (Å²) < 4.78 is 5.29. The summed E-state index contributed by atoms with van der Waals surface area (Å²) in [5.74, 6) is -3.45. The lowest BCUT2D eigenvalue weighted by molar-refractivity contribution is -0.139. The van der Waals surface area contributed by atoms with Gasteiger partial charge in [0.05, 0.1) is 6.54 Å². The molecule has 0 saturated carbocycles. The van der Waals surface area contributed by atoms with Gasteiger partial charge in [-0.1, -0.05) is 60.7 Å². The van der Waals surface area contributed by atoms with E-state index in [4.69, 9.17) is 10.5 Å². The SMILES string of the molecule is CC(C)(NC(=O)[C@H](Cc1ccccc1)NC(=O)OCc1ccccc1)C(=O)NC(C)(C)C(=O)NC(C)(C)C(=O)NCC(N)=O. The maximum absolute atomic E-state index is 13.4. The second kappa shape index (κ2) is 15.0. The molecule has 13 heteroatoms. The summed E-state index contributed by atoms with van der Waals surface area (Å²) in [4.78, 5) is 75.8. The zero-order chi connectivity index (χ0) is 33.1. The highest BCUT2D eigenvalue weighted by molar-refractivity contribution is 5.99. The van der Waals surface area contributed by atoms with Crippen LogP contribution < -0.4 is 32.3 Å². The lowest BCUT2D eigenvalue weighted by Gasteiger charge is -2.35. The smallest absolute Gasteiger partial charge is 0.408 e. The molecule has 44 heavy (non-hydrogen) atoms. The van der Waals surface area contributed by atoms with E-state index >= 15 is 0 Å². The molecule has 6 amide bonds. The Labute approximate surface area is 257 Å². The molecule has 0 aromatic heterocycles. The van der Waals surface area contributed by atoms with Crippen molar-refractivity contribution in [3.8, 4) is 0 Å². The van der Waals surface area contributed by atoms with Crippen molar-refractivity contribution in [3.63, 3.8) is 0 Å². The van der Waals surface area contributed by atoms with Gasteiger partial charge >= 0.3 is 6.09 Å². The van der Waals surface area contributed by atoms with Crippen molar-refractivity contribution in [3.05, 3.63) is 71.8 Å². The number of rotatable bonds is 14. The number of nitrogens with one attached hydrogen (secondary N) is 5. The summed E-state index contributed by atoms with van der Waals surface area (Å²) in [6.45, 7) is 8.20. The molecular weight excluding hydrogens is 568 g/mol. The molecule has 0 aliphatic heterocycles. The molecule has 0 spiro atoms. The van der Waals surface area contributed by atoms with Crippen molar-refractivity contribution in [2.45, 2.75) is 77.2 Å². The van der Waals surface area contributed by atoms with Crippen molar-refractivity contribution in [2.24, 2.45) is 5.73 Å². The molecular formula is C31H42N6O7. The Balaban J connectivity index is 2.09. The largest absolute Gasteiger partial charge is 0.445 e. The molecule has 0 unspecified atom stereocenters. The minimum absolute atomic E-state index is 0.000996. The number of hydrogen-bond acceptors (Lipinski definition) is 7. The van der Waals surface area contributed by atoms with Crippen LogP contribution in [0.5, 0.6) is 0 Å². The lowest BCUT2D eigenvalue weighted by Crippen LogP contribution is -2.67. The highest BCUT2D eigenvalue weighted by Crippen LogP contribution is 2.13. The molecule has 0 bridgehead atoms. The Morgan fingerprint density at radius 2 is 1.14 bits per heavy atom. The van der Waals surface area contributed by atoms with Crippen LogP contribution in [-0.2, 0) is 41.7 Å². The Hall–Kier alpha value is -4.94. The van der Waals surface area contributed by atoms with Gasteiger partial charge in [-0.3, -0.25) is 24.0 Å². The molecule has 0 saturated heterocycles. The molecule has 0 radical (unpaired) electrons. The number of primary amides is 1. The van der Waals surface area contributed by atoms with E-state index in [1.165, 1.54) is 41.5 Å². The van der Waals surface area contributed by atoms with Crippen molar-refractivity contribution in [1.82, 2.24) is 26.6 Å². The Kier molecular flexibility index (Phi) is 12.0. The van der Waals surface area contributed by atoms with Crippen LogP contribution in [-0.4, -0.2) is 64.8 Å². The van der Waals surface area contributed by atoms with Gasteiger partial charge in [-0.25, -0.2) is 4.79 Å². The molecule has 2 aromatic carbocycles. The zero-order valence-electron chi connectivity index (χ0n) is 25.9. The van der Waals surface area contributed by atoms with Gasteiger partial charge in [0.2, 0.25) is 29.5 Å². The first-order valence-electron chi connectivity index (χ1n) is 14.0. The van der Waals surface area contributed by atoms with Gasteiger partial charge in [-0.2, -0.15) is 0 Å². The normalized spacial score (nSPS) is 12.2. The molecule has 0 aliphatic rings. The van der Waals surface area contributed by atoms with Gasteiger partial charge in [-0.15, -0.1) is 0 Å². The third kappa shape index (κ3) is 11.0. The Morgan fingerprint density at radius 3 is 1.64 bits per heavy atom. The van der Waals surface area contributed by atoms with E-state index < -0.39 is 64.8 Å².